The maximum absolute atomic E-state index is 11.6. The van der Waals surface area contributed by atoms with E-state index >= 15 is 0 Å². The molecule has 1 heterocycles. The molecule has 0 saturated carbocycles. The first-order valence-electron chi connectivity index (χ1n) is 3.62. The Labute approximate surface area is 86.1 Å². The van der Waals surface area contributed by atoms with Gasteiger partial charge >= 0.3 is 0 Å². The van der Waals surface area contributed by atoms with Crippen LogP contribution in [0.1, 0.15) is 0 Å². The molecule has 1 aromatic heterocycles. The van der Waals surface area contributed by atoms with Gasteiger partial charge in [-0.3, -0.25) is 4.79 Å². The molecule has 2 nitrogen and oxygen atoms in total. The number of para-hydroxylation sites is 1. The van der Waals surface area contributed by atoms with Crippen molar-refractivity contribution in [1.82, 2.24) is 0 Å². The molecule has 0 aliphatic carbocycles. The van der Waals surface area contributed by atoms with E-state index in [4.69, 9.17) is 4.42 Å². The number of rotatable bonds is 1. The van der Waals surface area contributed by atoms with Gasteiger partial charge in [-0.05, 0) is 37.1 Å². The molecule has 0 aliphatic rings. The molecule has 1 aromatic carbocycles. The van der Waals surface area contributed by atoms with E-state index < -0.39 is 0 Å². The highest BCUT2D eigenvalue weighted by Gasteiger charge is 2.04. The monoisotopic (exact) mass is 256 g/mol. The van der Waals surface area contributed by atoms with Gasteiger partial charge in [0.15, 0.2) is 0 Å². The lowest BCUT2D eigenvalue weighted by Gasteiger charge is -1.96. The van der Waals surface area contributed by atoms with Crippen LogP contribution in [0, 0.1) is 0 Å². The lowest BCUT2D eigenvalue weighted by molar-refractivity contribution is 0.588. The highest BCUT2D eigenvalue weighted by Crippen LogP contribution is 2.22. The molecule has 0 amide bonds. The topological polar surface area (TPSA) is 30.2 Å². The standard InChI is InChI=1S/C9H5BrO2S/c10-13-8-5-12-7-4-2-1-3-6(7)9(8)11/h1-5H. The van der Waals surface area contributed by atoms with E-state index in [2.05, 4.69) is 14.8 Å². The maximum atomic E-state index is 11.6. The lowest BCUT2D eigenvalue weighted by atomic mass is 10.2. The molecule has 13 heavy (non-hydrogen) atoms. The van der Waals surface area contributed by atoms with Crippen LogP contribution in [0.15, 0.2) is 44.6 Å². The number of hydrogen-bond donors (Lipinski definition) is 0. The zero-order valence-corrected chi connectivity index (χ0v) is 8.89. The molecule has 66 valence electrons. The third-order valence-corrected chi connectivity index (χ3v) is 3.23. The summed E-state index contributed by atoms with van der Waals surface area (Å²) >= 11 is 3.15. The molecule has 0 fully saturated rings. The molecule has 0 saturated heterocycles. The molecule has 0 unspecified atom stereocenters. The average Bonchev–Trinajstić information content (AvgIpc) is 2.19. The fraction of sp³-hybridized carbons (Fsp3) is 0. The Morgan fingerprint density at radius 2 is 2.08 bits per heavy atom. The second-order valence-electron chi connectivity index (χ2n) is 2.50. The van der Waals surface area contributed by atoms with Gasteiger partial charge in [-0.25, -0.2) is 0 Å². The minimum absolute atomic E-state index is 0.00345. The van der Waals surface area contributed by atoms with Crippen LogP contribution in [0.25, 0.3) is 11.0 Å². The lowest BCUT2D eigenvalue weighted by Crippen LogP contribution is -2.01. The number of benzene rings is 1. The molecular formula is C9H5BrO2S. The first-order valence-corrected chi connectivity index (χ1v) is 6.28. The van der Waals surface area contributed by atoms with Crippen molar-refractivity contribution in [2.45, 2.75) is 4.90 Å². The summed E-state index contributed by atoms with van der Waals surface area (Å²) in [4.78, 5) is 12.2. The van der Waals surface area contributed by atoms with Crippen molar-refractivity contribution in [3.8, 4) is 0 Å². The van der Waals surface area contributed by atoms with Crippen LogP contribution in [0.5, 0.6) is 0 Å². The second-order valence-corrected chi connectivity index (χ2v) is 4.07. The second kappa shape index (κ2) is 3.55. The minimum Gasteiger partial charge on any atom is -0.463 e. The van der Waals surface area contributed by atoms with E-state index in [1.807, 2.05) is 12.1 Å². The summed E-state index contributed by atoms with van der Waals surface area (Å²) in [6.45, 7) is 0. The molecule has 0 spiro atoms. The zero-order valence-electron chi connectivity index (χ0n) is 6.49. The normalized spacial score (nSPS) is 10.5. The predicted octanol–water partition coefficient (Wildman–Crippen LogP) is 3.20. The van der Waals surface area contributed by atoms with Crippen LogP contribution in [0.4, 0.5) is 0 Å². The van der Waals surface area contributed by atoms with Crippen LogP contribution in [0.3, 0.4) is 0 Å². The molecule has 2 rings (SSSR count). The first kappa shape index (κ1) is 8.84. The van der Waals surface area contributed by atoms with Crippen LogP contribution in [-0.4, -0.2) is 0 Å². The Balaban J connectivity index is 2.87. The van der Waals surface area contributed by atoms with Gasteiger partial charge in [0.2, 0.25) is 5.43 Å². The van der Waals surface area contributed by atoms with E-state index in [0.29, 0.717) is 15.9 Å². The Kier molecular flexibility index (Phi) is 2.42. The minimum atomic E-state index is 0.00345. The Hall–Kier alpha value is -0.740. The molecule has 0 bridgehead atoms. The summed E-state index contributed by atoms with van der Waals surface area (Å²) < 4.78 is 5.26. The van der Waals surface area contributed by atoms with Crippen molar-refractivity contribution in [1.29, 1.82) is 0 Å². The number of fused-ring (bicyclic) bond motifs is 1. The van der Waals surface area contributed by atoms with Gasteiger partial charge in [0.25, 0.3) is 0 Å². The number of hydrogen-bond acceptors (Lipinski definition) is 3. The summed E-state index contributed by atoms with van der Waals surface area (Å²) in [6, 6.07) is 7.20. The maximum Gasteiger partial charge on any atom is 0.207 e. The quantitative estimate of drug-likeness (QED) is 0.785. The Morgan fingerprint density at radius 3 is 2.85 bits per heavy atom. The van der Waals surface area contributed by atoms with E-state index in [0.717, 1.165) is 0 Å². The summed E-state index contributed by atoms with van der Waals surface area (Å²) in [7, 11) is 1.22. The van der Waals surface area contributed by atoms with Gasteiger partial charge in [0, 0.05) is 0 Å². The smallest absolute Gasteiger partial charge is 0.207 e. The zero-order chi connectivity index (χ0) is 9.26. The fourth-order valence-electron chi connectivity index (χ4n) is 1.11. The van der Waals surface area contributed by atoms with Gasteiger partial charge in [-0.2, -0.15) is 0 Å². The summed E-state index contributed by atoms with van der Waals surface area (Å²) in [6.07, 6.45) is 1.46. The predicted molar refractivity (Wildman–Crippen MR) is 57.3 cm³/mol. The van der Waals surface area contributed by atoms with Crippen molar-refractivity contribution in [2.24, 2.45) is 0 Å². The third-order valence-electron chi connectivity index (χ3n) is 1.73. The van der Waals surface area contributed by atoms with Gasteiger partial charge < -0.3 is 4.42 Å². The Morgan fingerprint density at radius 1 is 1.31 bits per heavy atom. The van der Waals surface area contributed by atoms with Gasteiger partial charge in [0.1, 0.15) is 16.7 Å². The first-order chi connectivity index (χ1) is 6.33. The van der Waals surface area contributed by atoms with Crippen molar-refractivity contribution >= 4 is 36.0 Å². The van der Waals surface area contributed by atoms with Crippen molar-refractivity contribution in [3.05, 3.63) is 40.8 Å². The largest absolute Gasteiger partial charge is 0.463 e. The Bertz CT molecular complexity index is 492. The molecule has 0 aliphatic heterocycles. The third kappa shape index (κ3) is 1.51. The molecule has 0 atom stereocenters. The van der Waals surface area contributed by atoms with E-state index in [-0.39, 0.29) is 5.43 Å². The van der Waals surface area contributed by atoms with Crippen molar-refractivity contribution < 1.29 is 4.42 Å². The van der Waals surface area contributed by atoms with Crippen LogP contribution >= 0.6 is 25.0 Å². The van der Waals surface area contributed by atoms with Crippen molar-refractivity contribution in [3.63, 3.8) is 0 Å². The van der Waals surface area contributed by atoms with E-state index in [1.165, 1.54) is 16.5 Å². The van der Waals surface area contributed by atoms with Crippen LogP contribution in [-0.2, 0) is 0 Å². The molecule has 4 heteroatoms. The van der Waals surface area contributed by atoms with Gasteiger partial charge in [0.05, 0.1) is 5.39 Å². The van der Waals surface area contributed by atoms with Crippen LogP contribution in [0.2, 0.25) is 0 Å². The highest BCUT2D eigenvalue weighted by atomic mass is 79.9. The number of halogens is 1. The van der Waals surface area contributed by atoms with Gasteiger partial charge in [-0.1, -0.05) is 12.1 Å². The van der Waals surface area contributed by atoms with Crippen LogP contribution < -0.4 is 5.43 Å². The summed E-state index contributed by atoms with van der Waals surface area (Å²) in [5.41, 5.74) is 0.626. The van der Waals surface area contributed by atoms with Gasteiger partial charge in [-0.15, -0.1) is 0 Å². The molecule has 0 N–H and O–H groups in total. The average molecular weight is 257 g/mol. The molecule has 0 radical (unpaired) electrons. The summed E-state index contributed by atoms with van der Waals surface area (Å²) in [5.74, 6) is 0. The van der Waals surface area contributed by atoms with E-state index in [9.17, 15) is 4.79 Å². The summed E-state index contributed by atoms with van der Waals surface area (Å²) in [5, 5.41) is 0.618. The molecule has 2 aromatic rings. The van der Waals surface area contributed by atoms with E-state index in [1.54, 1.807) is 12.1 Å². The molecular weight excluding hydrogens is 252 g/mol. The fourth-order valence-corrected chi connectivity index (χ4v) is 2.05. The SMILES string of the molecule is O=c1c(SBr)coc2ccccc12. The van der Waals surface area contributed by atoms with Crippen molar-refractivity contribution in [2.75, 3.05) is 0 Å². The highest BCUT2D eigenvalue weighted by molar-refractivity contribution is 9.50.